The number of hydrogen-bond donors (Lipinski definition) is 1. The van der Waals surface area contributed by atoms with Crippen molar-refractivity contribution < 1.29 is 14.3 Å². The van der Waals surface area contributed by atoms with Crippen LogP contribution >= 0.6 is 15.9 Å². The van der Waals surface area contributed by atoms with Crippen LogP contribution in [-0.4, -0.2) is 25.3 Å². The molecule has 0 atom stereocenters. The molecule has 0 unspecified atom stereocenters. The molecular formula is C18H19BrN2O3. The van der Waals surface area contributed by atoms with Gasteiger partial charge in [-0.25, -0.2) is 5.43 Å². The molecule has 0 saturated heterocycles. The molecule has 1 amide bonds. The van der Waals surface area contributed by atoms with E-state index in [2.05, 4.69) is 33.4 Å². The molecule has 126 valence electrons. The maximum absolute atomic E-state index is 11.7. The Morgan fingerprint density at radius 3 is 2.62 bits per heavy atom. The van der Waals surface area contributed by atoms with E-state index >= 15 is 0 Å². The van der Waals surface area contributed by atoms with Gasteiger partial charge in [-0.2, -0.15) is 5.10 Å². The number of ether oxygens (including phenoxy) is 2. The Morgan fingerprint density at radius 2 is 1.92 bits per heavy atom. The van der Waals surface area contributed by atoms with Crippen molar-refractivity contribution in [2.45, 2.75) is 13.3 Å². The fourth-order valence-electron chi connectivity index (χ4n) is 1.79. The van der Waals surface area contributed by atoms with Crippen LogP contribution in [0.25, 0.3) is 0 Å². The Bertz CT molecular complexity index is 687. The summed E-state index contributed by atoms with van der Waals surface area (Å²) in [6.07, 6.45) is 2.54. The molecule has 0 heterocycles. The Labute approximate surface area is 149 Å². The van der Waals surface area contributed by atoms with Gasteiger partial charge in [0.25, 0.3) is 5.91 Å². The number of hydrazone groups is 1. The van der Waals surface area contributed by atoms with Crippen LogP contribution in [0.15, 0.2) is 58.1 Å². The van der Waals surface area contributed by atoms with E-state index in [4.69, 9.17) is 9.47 Å². The van der Waals surface area contributed by atoms with Crippen molar-refractivity contribution in [3.63, 3.8) is 0 Å². The highest BCUT2D eigenvalue weighted by Gasteiger charge is 2.03. The molecule has 0 aliphatic rings. The van der Waals surface area contributed by atoms with Crippen molar-refractivity contribution in [2.24, 2.45) is 5.10 Å². The number of hydrogen-bond acceptors (Lipinski definition) is 4. The first-order chi connectivity index (χ1) is 11.7. The highest BCUT2D eigenvalue weighted by molar-refractivity contribution is 9.10. The molecule has 0 aliphatic heterocycles. The van der Waals surface area contributed by atoms with E-state index in [9.17, 15) is 4.79 Å². The summed E-state index contributed by atoms with van der Waals surface area (Å²) in [5.41, 5.74) is 3.30. The van der Waals surface area contributed by atoms with Crippen LogP contribution in [0.4, 0.5) is 0 Å². The maximum atomic E-state index is 11.7. The van der Waals surface area contributed by atoms with Crippen LogP contribution in [0.3, 0.4) is 0 Å². The van der Waals surface area contributed by atoms with E-state index in [0.29, 0.717) is 12.4 Å². The first-order valence-corrected chi connectivity index (χ1v) is 8.40. The van der Waals surface area contributed by atoms with Crippen molar-refractivity contribution in [1.29, 1.82) is 0 Å². The minimum Gasteiger partial charge on any atom is -0.494 e. The van der Waals surface area contributed by atoms with Gasteiger partial charge in [-0.05, 0) is 64.3 Å². The number of amides is 1. The topological polar surface area (TPSA) is 59.9 Å². The number of para-hydroxylation sites is 1. The molecule has 0 spiro atoms. The number of rotatable bonds is 8. The summed E-state index contributed by atoms with van der Waals surface area (Å²) in [5, 5.41) is 3.91. The molecule has 0 radical (unpaired) electrons. The Kier molecular flexibility index (Phi) is 7.29. The lowest BCUT2D eigenvalue weighted by Gasteiger charge is -2.06. The monoisotopic (exact) mass is 390 g/mol. The molecule has 1 N–H and O–H groups in total. The van der Waals surface area contributed by atoms with Crippen molar-refractivity contribution in [3.8, 4) is 11.5 Å². The number of nitrogens with zero attached hydrogens (tertiary/aromatic N) is 1. The van der Waals surface area contributed by atoms with Gasteiger partial charge in [0, 0.05) is 0 Å². The fraction of sp³-hybridized carbons (Fsp3) is 0.222. The summed E-state index contributed by atoms with van der Waals surface area (Å²) in [7, 11) is 0. The van der Waals surface area contributed by atoms with Crippen LogP contribution in [0, 0.1) is 0 Å². The molecule has 0 aliphatic carbocycles. The van der Waals surface area contributed by atoms with E-state index in [1.54, 1.807) is 12.3 Å². The lowest BCUT2D eigenvalue weighted by molar-refractivity contribution is -0.123. The molecule has 2 aromatic rings. The van der Waals surface area contributed by atoms with Gasteiger partial charge >= 0.3 is 0 Å². The van der Waals surface area contributed by atoms with Gasteiger partial charge in [-0.3, -0.25) is 4.79 Å². The highest BCUT2D eigenvalue weighted by atomic mass is 79.9. The van der Waals surface area contributed by atoms with E-state index in [1.165, 1.54) is 0 Å². The van der Waals surface area contributed by atoms with Gasteiger partial charge in [0.15, 0.2) is 6.61 Å². The Morgan fingerprint density at radius 1 is 1.17 bits per heavy atom. The summed E-state index contributed by atoms with van der Waals surface area (Å²) in [5.74, 6) is 1.10. The summed E-state index contributed by atoms with van der Waals surface area (Å²) >= 11 is 3.35. The number of carbonyl (C=O) groups is 1. The van der Waals surface area contributed by atoms with Crippen molar-refractivity contribution >= 4 is 28.1 Å². The lowest BCUT2D eigenvalue weighted by Crippen LogP contribution is -2.24. The zero-order chi connectivity index (χ0) is 17.2. The predicted octanol–water partition coefficient (Wildman–Crippen LogP) is 3.77. The number of halogens is 1. The normalized spacial score (nSPS) is 10.6. The fourth-order valence-corrected chi connectivity index (χ4v) is 2.19. The van der Waals surface area contributed by atoms with Crippen LogP contribution < -0.4 is 14.9 Å². The summed E-state index contributed by atoms with van der Waals surface area (Å²) in [6, 6.07) is 14.8. The molecule has 2 aromatic carbocycles. The standard InChI is InChI=1S/C18H19BrN2O3/c1-2-11-23-15-9-7-14(8-10-15)12-20-21-18(22)13-24-17-6-4-3-5-16(17)19/h3-10,12H,2,11,13H2,1H3,(H,21,22)/b20-12+. The zero-order valence-electron chi connectivity index (χ0n) is 13.4. The zero-order valence-corrected chi connectivity index (χ0v) is 15.0. The second-order valence-corrected chi connectivity index (χ2v) is 5.78. The summed E-state index contributed by atoms with van der Waals surface area (Å²) in [4.78, 5) is 11.7. The minimum atomic E-state index is -0.329. The minimum absolute atomic E-state index is 0.107. The molecule has 6 heteroatoms. The molecule has 0 aromatic heterocycles. The van der Waals surface area contributed by atoms with Crippen LogP contribution in [-0.2, 0) is 4.79 Å². The first-order valence-electron chi connectivity index (χ1n) is 7.61. The molecule has 0 bridgehead atoms. The SMILES string of the molecule is CCCOc1ccc(/C=N/NC(=O)COc2ccccc2Br)cc1. The third-order valence-electron chi connectivity index (χ3n) is 2.95. The van der Waals surface area contributed by atoms with Crippen molar-refractivity contribution in [2.75, 3.05) is 13.2 Å². The number of nitrogens with one attached hydrogen (secondary N) is 1. The van der Waals surface area contributed by atoms with Crippen LogP contribution in [0.2, 0.25) is 0 Å². The third-order valence-corrected chi connectivity index (χ3v) is 3.61. The quantitative estimate of drug-likeness (QED) is 0.551. The second-order valence-electron chi connectivity index (χ2n) is 4.93. The van der Waals surface area contributed by atoms with Gasteiger partial charge in [0.1, 0.15) is 11.5 Å². The van der Waals surface area contributed by atoms with Crippen molar-refractivity contribution in [1.82, 2.24) is 5.43 Å². The molecule has 5 nitrogen and oxygen atoms in total. The van der Waals surface area contributed by atoms with Gasteiger partial charge in [-0.15, -0.1) is 0 Å². The molecule has 2 rings (SSSR count). The molecule has 24 heavy (non-hydrogen) atoms. The molecule has 0 saturated carbocycles. The van der Waals surface area contributed by atoms with Crippen molar-refractivity contribution in [3.05, 3.63) is 58.6 Å². The third kappa shape index (κ3) is 6.04. The Balaban J connectivity index is 1.76. The molecular weight excluding hydrogens is 372 g/mol. The predicted molar refractivity (Wildman–Crippen MR) is 97.6 cm³/mol. The lowest BCUT2D eigenvalue weighted by atomic mass is 10.2. The second kappa shape index (κ2) is 9.72. The number of benzene rings is 2. The van der Waals surface area contributed by atoms with Gasteiger partial charge in [-0.1, -0.05) is 19.1 Å². The summed E-state index contributed by atoms with van der Waals surface area (Å²) in [6.45, 7) is 2.65. The van der Waals surface area contributed by atoms with Crippen LogP contribution in [0.5, 0.6) is 11.5 Å². The van der Waals surface area contributed by atoms with E-state index < -0.39 is 0 Å². The van der Waals surface area contributed by atoms with Gasteiger partial charge in [0.2, 0.25) is 0 Å². The maximum Gasteiger partial charge on any atom is 0.277 e. The Hall–Kier alpha value is -2.34. The van der Waals surface area contributed by atoms with E-state index in [0.717, 1.165) is 22.2 Å². The smallest absolute Gasteiger partial charge is 0.277 e. The molecule has 0 fully saturated rings. The van der Waals surface area contributed by atoms with Crippen LogP contribution in [0.1, 0.15) is 18.9 Å². The largest absolute Gasteiger partial charge is 0.494 e. The van der Waals surface area contributed by atoms with E-state index in [1.807, 2.05) is 42.5 Å². The average molecular weight is 391 g/mol. The van der Waals surface area contributed by atoms with Gasteiger partial charge < -0.3 is 9.47 Å². The summed E-state index contributed by atoms with van der Waals surface area (Å²) < 4.78 is 11.7. The highest BCUT2D eigenvalue weighted by Crippen LogP contribution is 2.23. The van der Waals surface area contributed by atoms with E-state index in [-0.39, 0.29) is 12.5 Å². The first kappa shape index (κ1) is 18.0. The number of carbonyl (C=O) groups excluding carboxylic acids is 1. The van der Waals surface area contributed by atoms with Gasteiger partial charge in [0.05, 0.1) is 17.3 Å². The average Bonchev–Trinajstić information content (AvgIpc) is 2.60.